The molecule has 6 heteroatoms. The van der Waals surface area contributed by atoms with Crippen LogP contribution in [0, 0.1) is 5.92 Å². The maximum atomic E-state index is 12.1. The summed E-state index contributed by atoms with van der Waals surface area (Å²) in [6.07, 6.45) is 3.91. The van der Waals surface area contributed by atoms with Crippen LogP contribution >= 0.6 is 27.3 Å². The van der Waals surface area contributed by atoms with E-state index in [1.807, 2.05) is 19.1 Å². The number of amides is 1. The van der Waals surface area contributed by atoms with Crippen molar-refractivity contribution in [2.24, 2.45) is 5.92 Å². The van der Waals surface area contributed by atoms with Crippen molar-refractivity contribution in [3.05, 3.63) is 26.9 Å². The van der Waals surface area contributed by atoms with Crippen LogP contribution in [0.3, 0.4) is 0 Å². The van der Waals surface area contributed by atoms with Crippen LogP contribution in [0.15, 0.2) is 22.0 Å². The quantitative estimate of drug-likeness (QED) is 0.858. The predicted molar refractivity (Wildman–Crippen MR) is 78.0 cm³/mol. The molecule has 0 saturated carbocycles. The zero-order valence-corrected chi connectivity index (χ0v) is 12.8. The van der Waals surface area contributed by atoms with Crippen molar-refractivity contribution in [3.8, 4) is 0 Å². The zero-order chi connectivity index (χ0) is 14.0. The zero-order valence-electron chi connectivity index (χ0n) is 10.4. The third kappa shape index (κ3) is 3.25. The maximum Gasteiger partial charge on any atom is 0.326 e. The van der Waals surface area contributed by atoms with Crippen LogP contribution < -0.4 is 0 Å². The van der Waals surface area contributed by atoms with Crippen molar-refractivity contribution in [2.75, 3.05) is 6.54 Å². The molecule has 1 aliphatic heterocycles. The minimum Gasteiger partial charge on any atom is -0.480 e. The van der Waals surface area contributed by atoms with Crippen molar-refractivity contribution in [1.29, 1.82) is 0 Å². The molecule has 0 spiro atoms. The summed E-state index contributed by atoms with van der Waals surface area (Å²) in [5, 5.41) is 9.17. The van der Waals surface area contributed by atoms with Crippen LogP contribution in [0.25, 0.3) is 6.08 Å². The lowest BCUT2D eigenvalue weighted by molar-refractivity contribution is -0.147. The standard InChI is InChI=1S/C13H14BrNO3S/c1-8-6-7-15(12(8)13(17)18)11(16)5-3-9-2-4-10(14)19-9/h2-5,8,12H,6-7H2,1H3,(H,17,18)/b5-3+. The number of hydrogen-bond acceptors (Lipinski definition) is 3. The summed E-state index contributed by atoms with van der Waals surface area (Å²) < 4.78 is 0.998. The number of aliphatic carboxylic acids is 1. The van der Waals surface area contributed by atoms with Gasteiger partial charge in [0.05, 0.1) is 3.79 Å². The van der Waals surface area contributed by atoms with Gasteiger partial charge in [-0.05, 0) is 46.5 Å². The monoisotopic (exact) mass is 343 g/mol. The average molecular weight is 344 g/mol. The van der Waals surface area contributed by atoms with Crippen LogP contribution in [0.2, 0.25) is 0 Å². The third-order valence-corrected chi connectivity index (χ3v) is 4.81. The van der Waals surface area contributed by atoms with Crippen LogP contribution in [0.1, 0.15) is 18.2 Å². The van der Waals surface area contributed by atoms with Gasteiger partial charge < -0.3 is 10.0 Å². The number of rotatable bonds is 3. The van der Waals surface area contributed by atoms with E-state index in [9.17, 15) is 9.59 Å². The summed E-state index contributed by atoms with van der Waals surface area (Å²) in [5.41, 5.74) is 0. The molecule has 1 aliphatic rings. The van der Waals surface area contributed by atoms with Gasteiger partial charge in [0, 0.05) is 17.5 Å². The molecule has 1 amide bonds. The number of carbonyl (C=O) groups is 2. The lowest BCUT2D eigenvalue weighted by atomic mass is 10.0. The topological polar surface area (TPSA) is 57.6 Å². The summed E-state index contributed by atoms with van der Waals surface area (Å²) in [4.78, 5) is 25.6. The molecule has 2 heterocycles. The summed E-state index contributed by atoms with van der Waals surface area (Å²) in [6, 6.07) is 3.11. The van der Waals surface area contributed by atoms with Gasteiger partial charge in [0.25, 0.3) is 0 Å². The highest BCUT2D eigenvalue weighted by Crippen LogP contribution is 2.26. The molecule has 1 aromatic heterocycles. The summed E-state index contributed by atoms with van der Waals surface area (Å²) in [6.45, 7) is 2.38. The van der Waals surface area contributed by atoms with Gasteiger partial charge in [-0.1, -0.05) is 6.92 Å². The van der Waals surface area contributed by atoms with E-state index >= 15 is 0 Å². The molecule has 2 rings (SSSR count). The summed E-state index contributed by atoms with van der Waals surface area (Å²) in [5.74, 6) is -1.15. The van der Waals surface area contributed by atoms with E-state index in [-0.39, 0.29) is 11.8 Å². The van der Waals surface area contributed by atoms with E-state index in [4.69, 9.17) is 5.11 Å². The highest BCUT2D eigenvalue weighted by Gasteiger charge is 2.38. The van der Waals surface area contributed by atoms with E-state index in [2.05, 4.69) is 15.9 Å². The molecule has 1 N–H and O–H groups in total. The van der Waals surface area contributed by atoms with Crippen LogP contribution in [0.4, 0.5) is 0 Å². The van der Waals surface area contributed by atoms with Crippen LogP contribution in [-0.2, 0) is 9.59 Å². The number of nitrogens with zero attached hydrogens (tertiary/aromatic N) is 1. The minimum atomic E-state index is -0.925. The molecule has 1 saturated heterocycles. The van der Waals surface area contributed by atoms with Crippen LogP contribution in [0.5, 0.6) is 0 Å². The molecular weight excluding hydrogens is 330 g/mol. The fourth-order valence-corrected chi connectivity index (χ4v) is 3.56. The molecule has 2 atom stereocenters. The minimum absolute atomic E-state index is 0.00531. The Morgan fingerprint density at radius 2 is 2.26 bits per heavy atom. The molecule has 2 unspecified atom stereocenters. The molecule has 1 aromatic rings. The number of halogens is 1. The number of thiophene rings is 1. The summed E-state index contributed by atoms with van der Waals surface area (Å²) >= 11 is 4.88. The van der Waals surface area contributed by atoms with Crippen LogP contribution in [-0.4, -0.2) is 34.5 Å². The lowest BCUT2D eigenvalue weighted by Gasteiger charge is -2.21. The SMILES string of the molecule is CC1CCN(C(=O)/C=C/c2ccc(Br)s2)C1C(=O)O. The van der Waals surface area contributed by atoms with Crippen molar-refractivity contribution in [1.82, 2.24) is 4.90 Å². The van der Waals surface area contributed by atoms with E-state index in [0.29, 0.717) is 6.54 Å². The van der Waals surface area contributed by atoms with Gasteiger partial charge in [-0.3, -0.25) is 4.79 Å². The Morgan fingerprint density at radius 3 is 2.84 bits per heavy atom. The number of carboxylic acid groups (broad SMARTS) is 1. The fourth-order valence-electron chi connectivity index (χ4n) is 2.24. The fraction of sp³-hybridized carbons (Fsp3) is 0.385. The first kappa shape index (κ1) is 14.3. The lowest BCUT2D eigenvalue weighted by Crippen LogP contribution is -2.42. The van der Waals surface area contributed by atoms with Crippen molar-refractivity contribution in [2.45, 2.75) is 19.4 Å². The third-order valence-electron chi connectivity index (χ3n) is 3.22. The first-order valence-electron chi connectivity index (χ1n) is 5.96. The second-order valence-corrected chi connectivity index (χ2v) is 7.05. The van der Waals surface area contributed by atoms with Gasteiger partial charge in [0.2, 0.25) is 5.91 Å². The van der Waals surface area contributed by atoms with Crippen molar-refractivity contribution in [3.63, 3.8) is 0 Å². The Balaban J connectivity index is 2.07. The predicted octanol–water partition coefficient (Wildman–Crippen LogP) is 2.85. The van der Waals surface area contributed by atoms with E-state index in [1.165, 1.54) is 22.3 Å². The van der Waals surface area contributed by atoms with Crippen molar-refractivity contribution >= 4 is 45.2 Å². The van der Waals surface area contributed by atoms with Crippen molar-refractivity contribution < 1.29 is 14.7 Å². The van der Waals surface area contributed by atoms with E-state index in [1.54, 1.807) is 6.08 Å². The number of carbonyl (C=O) groups excluding carboxylic acids is 1. The number of hydrogen-bond donors (Lipinski definition) is 1. The number of carboxylic acids is 1. The molecular formula is C13H14BrNO3S. The Hall–Kier alpha value is -1.14. The second kappa shape index (κ2) is 5.88. The second-order valence-electron chi connectivity index (χ2n) is 4.56. The molecule has 0 bridgehead atoms. The van der Waals surface area contributed by atoms with Gasteiger partial charge in [-0.15, -0.1) is 11.3 Å². The molecule has 4 nitrogen and oxygen atoms in total. The Labute approximate surface area is 123 Å². The van der Waals surface area contributed by atoms with Gasteiger partial charge >= 0.3 is 5.97 Å². The first-order valence-corrected chi connectivity index (χ1v) is 7.57. The van der Waals surface area contributed by atoms with Gasteiger partial charge in [-0.25, -0.2) is 4.79 Å². The molecule has 102 valence electrons. The first-order chi connectivity index (χ1) is 8.99. The largest absolute Gasteiger partial charge is 0.480 e. The summed E-state index contributed by atoms with van der Waals surface area (Å²) in [7, 11) is 0. The highest BCUT2D eigenvalue weighted by molar-refractivity contribution is 9.11. The van der Waals surface area contributed by atoms with Gasteiger partial charge in [0.15, 0.2) is 0 Å². The molecule has 19 heavy (non-hydrogen) atoms. The maximum absolute atomic E-state index is 12.1. The smallest absolute Gasteiger partial charge is 0.326 e. The molecule has 0 aliphatic carbocycles. The van der Waals surface area contributed by atoms with Gasteiger partial charge in [0.1, 0.15) is 6.04 Å². The van der Waals surface area contributed by atoms with E-state index in [0.717, 1.165) is 15.1 Å². The normalized spacial score (nSPS) is 23.2. The Bertz CT molecular complexity index is 526. The van der Waals surface area contributed by atoms with E-state index < -0.39 is 12.0 Å². The molecule has 0 aromatic carbocycles. The highest BCUT2D eigenvalue weighted by atomic mass is 79.9. The average Bonchev–Trinajstić information content (AvgIpc) is 2.92. The Morgan fingerprint density at radius 1 is 1.53 bits per heavy atom. The molecule has 1 fully saturated rings. The molecule has 0 radical (unpaired) electrons. The van der Waals surface area contributed by atoms with Gasteiger partial charge in [-0.2, -0.15) is 0 Å². The number of likely N-dealkylation sites (tertiary alicyclic amines) is 1. The Kier molecular flexibility index (Phi) is 4.42.